The fraction of sp³-hybridized carbons (Fsp3) is 0.217. The number of benzene rings is 1. The summed E-state index contributed by atoms with van der Waals surface area (Å²) in [5.74, 6) is 0.776. The molecule has 0 saturated carbocycles. The zero-order valence-corrected chi connectivity index (χ0v) is 17.6. The number of hydrogen-bond donors (Lipinski definition) is 1. The number of carbonyl (C=O) groups excluding carboxylic acids is 1. The lowest BCUT2D eigenvalue weighted by molar-refractivity contribution is -0.117. The van der Waals surface area contributed by atoms with Crippen molar-refractivity contribution in [3.63, 3.8) is 0 Å². The van der Waals surface area contributed by atoms with Crippen LogP contribution in [0.15, 0.2) is 64.9 Å². The second kappa shape index (κ2) is 8.31. The van der Waals surface area contributed by atoms with Gasteiger partial charge < -0.3 is 9.88 Å². The average molecular weight is 432 g/mol. The Morgan fingerprint density at radius 2 is 1.97 bits per heavy atom. The van der Waals surface area contributed by atoms with Crippen LogP contribution in [0, 0.1) is 0 Å². The minimum absolute atomic E-state index is 0.161. The van der Waals surface area contributed by atoms with Gasteiger partial charge in [0.15, 0.2) is 0 Å². The number of carbonyl (C=O) groups is 1. The maximum Gasteiger partial charge on any atom is 0.267 e. The van der Waals surface area contributed by atoms with Crippen LogP contribution < -0.4 is 10.9 Å². The van der Waals surface area contributed by atoms with E-state index in [0.717, 1.165) is 47.8 Å². The Hall–Kier alpha value is -3.52. The lowest BCUT2D eigenvalue weighted by Crippen LogP contribution is -2.29. The lowest BCUT2D eigenvalue weighted by Gasteiger charge is -2.11. The van der Waals surface area contributed by atoms with Crippen LogP contribution in [0.5, 0.6) is 0 Å². The summed E-state index contributed by atoms with van der Waals surface area (Å²) < 4.78 is 3.39. The smallest absolute Gasteiger partial charge is 0.267 e. The van der Waals surface area contributed by atoms with Crippen molar-refractivity contribution >= 4 is 22.9 Å². The first-order valence-corrected chi connectivity index (χ1v) is 11.1. The first-order chi connectivity index (χ1) is 15.2. The summed E-state index contributed by atoms with van der Waals surface area (Å²) in [7, 11) is 0. The highest BCUT2D eigenvalue weighted by Gasteiger charge is 2.16. The van der Waals surface area contributed by atoms with Gasteiger partial charge in [0.1, 0.15) is 18.1 Å². The molecule has 7 nitrogen and oxygen atoms in total. The molecule has 0 radical (unpaired) electrons. The molecule has 0 fully saturated rings. The van der Waals surface area contributed by atoms with Crippen molar-refractivity contribution in [1.29, 1.82) is 0 Å². The van der Waals surface area contributed by atoms with E-state index in [1.807, 2.05) is 41.8 Å². The SMILES string of the molecule is O=C(Cn1nc(-c2cccs2)ccc1=O)Nc1ccccc1-c1cn2c(n1)CCCC2. The van der Waals surface area contributed by atoms with Crippen LogP contribution in [-0.4, -0.2) is 25.2 Å². The van der Waals surface area contributed by atoms with E-state index in [1.54, 1.807) is 6.07 Å². The number of fused-ring (bicyclic) bond motifs is 1. The van der Waals surface area contributed by atoms with E-state index in [4.69, 9.17) is 4.98 Å². The monoisotopic (exact) mass is 431 g/mol. The quantitative estimate of drug-likeness (QED) is 0.521. The van der Waals surface area contributed by atoms with Gasteiger partial charge in [-0.25, -0.2) is 9.67 Å². The van der Waals surface area contributed by atoms with E-state index in [9.17, 15) is 9.59 Å². The van der Waals surface area contributed by atoms with Crippen LogP contribution in [0.2, 0.25) is 0 Å². The molecule has 0 saturated heterocycles. The number of aryl methyl sites for hydroxylation is 2. The van der Waals surface area contributed by atoms with Gasteiger partial charge in [-0.2, -0.15) is 5.10 Å². The average Bonchev–Trinajstić information content (AvgIpc) is 3.45. The number of imidazole rings is 1. The van der Waals surface area contributed by atoms with Crippen molar-refractivity contribution in [2.75, 3.05) is 5.32 Å². The Morgan fingerprint density at radius 3 is 2.81 bits per heavy atom. The van der Waals surface area contributed by atoms with E-state index >= 15 is 0 Å². The van der Waals surface area contributed by atoms with Crippen LogP contribution in [0.3, 0.4) is 0 Å². The molecule has 4 aromatic rings. The van der Waals surface area contributed by atoms with Gasteiger partial charge in [0.05, 0.1) is 16.3 Å². The molecule has 3 aromatic heterocycles. The third kappa shape index (κ3) is 4.06. The van der Waals surface area contributed by atoms with Gasteiger partial charge in [-0.3, -0.25) is 9.59 Å². The van der Waals surface area contributed by atoms with Crippen LogP contribution in [0.4, 0.5) is 5.69 Å². The third-order valence-corrected chi connectivity index (χ3v) is 6.21. The molecule has 8 heteroatoms. The topological polar surface area (TPSA) is 81.8 Å². The number of aromatic nitrogens is 4. The van der Waals surface area contributed by atoms with E-state index < -0.39 is 0 Å². The van der Waals surface area contributed by atoms with Gasteiger partial charge in [-0.05, 0) is 36.4 Å². The van der Waals surface area contributed by atoms with Crippen LogP contribution >= 0.6 is 11.3 Å². The van der Waals surface area contributed by atoms with Crippen molar-refractivity contribution in [3.05, 3.63) is 76.3 Å². The van der Waals surface area contributed by atoms with Gasteiger partial charge in [0, 0.05) is 30.8 Å². The molecule has 5 rings (SSSR count). The molecule has 0 bridgehead atoms. The van der Waals surface area contributed by atoms with E-state index in [-0.39, 0.29) is 18.0 Å². The molecule has 0 atom stereocenters. The fourth-order valence-corrected chi connectivity index (χ4v) is 4.49. The summed E-state index contributed by atoms with van der Waals surface area (Å²) in [6.45, 7) is 0.818. The molecule has 1 aliphatic rings. The predicted octanol–water partition coefficient (Wildman–Crippen LogP) is 3.81. The number of nitrogens with zero attached hydrogens (tertiary/aromatic N) is 4. The molecule has 0 aliphatic carbocycles. The highest BCUT2D eigenvalue weighted by molar-refractivity contribution is 7.13. The molecule has 156 valence electrons. The normalized spacial score (nSPS) is 13.0. The number of anilines is 1. The van der Waals surface area contributed by atoms with Gasteiger partial charge in [-0.1, -0.05) is 24.3 Å². The van der Waals surface area contributed by atoms with Crippen molar-refractivity contribution in [1.82, 2.24) is 19.3 Å². The Labute approximate surface area is 183 Å². The van der Waals surface area contributed by atoms with Gasteiger partial charge in [0.25, 0.3) is 5.56 Å². The number of rotatable bonds is 5. The molecule has 31 heavy (non-hydrogen) atoms. The molecule has 1 amide bonds. The summed E-state index contributed by atoms with van der Waals surface area (Å²) in [5.41, 5.74) is 2.75. The zero-order chi connectivity index (χ0) is 21.2. The Kier molecular flexibility index (Phi) is 5.21. The predicted molar refractivity (Wildman–Crippen MR) is 121 cm³/mol. The minimum Gasteiger partial charge on any atom is -0.334 e. The highest BCUT2D eigenvalue weighted by atomic mass is 32.1. The Bertz CT molecular complexity index is 1270. The van der Waals surface area contributed by atoms with E-state index in [1.165, 1.54) is 22.1 Å². The summed E-state index contributed by atoms with van der Waals surface area (Å²) in [6, 6.07) is 14.6. The maximum atomic E-state index is 12.8. The number of nitrogens with one attached hydrogen (secondary N) is 1. The van der Waals surface area contributed by atoms with Crippen LogP contribution in [-0.2, 0) is 24.3 Å². The lowest BCUT2D eigenvalue weighted by atomic mass is 10.1. The van der Waals surface area contributed by atoms with Crippen molar-refractivity contribution < 1.29 is 4.79 Å². The van der Waals surface area contributed by atoms with Crippen molar-refractivity contribution in [2.24, 2.45) is 0 Å². The molecule has 1 N–H and O–H groups in total. The number of amides is 1. The fourth-order valence-electron chi connectivity index (χ4n) is 3.80. The van der Waals surface area contributed by atoms with E-state index in [0.29, 0.717) is 11.4 Å². The minimum atomic E-state index is -0.314. The molecule has 1 aromatic carbocycles. The standard InChI is InChI=1S/C23H21N5O2S/c29-22(15-28-23(30)11-10-18(26-28)20-8-5-13-31-20)25-17-7-2-1-6-16(17)19-14-27-12-4-3-9-21(27)24-19/h1-2,5-8,10-11,13-14H,3-4,9,12,15H2,(H,25,29). The molecular formula is C23H21N5O2S. The third-order valence-electron chi connectivity index (χ3n) is 5.32. The summed E-state index contributed by atoms with van der Waals surface area (Å²) >= 11 is 1.54. The summed E-state index contributed by atoms with van der Waals surface area (Å²) in [4.78, 5) is 30.7. The molecule has 0 spiro atoms. The van der Waals surface area contributed by atoms with Crippen LogP contribution in [0.1, 0.15) is 18.7 Å². The molecular weight excluding hydrogens is 410 g/mol. The molecule has 0 unspecified atom stereocenters. The highest BCUT2D eigenvalue weighted by Crippen LogP contribution is 2.29. The van der Waals surface area contributed by atoms with Gasteiger partial charge in [0.2, 0.25) is 5.91 Å². The van der Waals surface area contributed by atoms with Gasteiger partial charge in [-0.15, -0.1) is 11.3 Å². The first kappa shape index (κ1) is 19.4. The zero-order valence-electron chi connectivity index (χ0n) is 16.8. The molecule has 4 heterocycles. The second-order valence-electron chi connectivity index (χ2n) is 7.48. The summed E-state index contributed by atoms with van der Waals surface area (Å²) in [5, 5.41) is 9.24. The summed E-state index contributed by atoms with van der Waals surface area (Å²) in [6.07, 6.45) is 5.34. The second-order valence-corrected chi connectivity index (χ2v) is 8.43. The van der Waals surface area contributed by atoms with E-state index in [2.05, 4.69) is 21.2 Å². The number of hydrogen-bond acceptors (Lipinski definition) is 5. The maximum absolute atomic E-state index is 12.8. The largest absolute Gasteiger partial charge is 0.334 e. The Balaban J connectivity index is 1.38. The van der Waals surface area contributed by atoms with Crippen molar-refractivity contribution in [2.45, 2.75) is 32.4 Å². The number of thiophene rings is 1. The number of para-hydroxylation sites is 1. The van der Waals surface area contributed by atoms with Gasteiger partial charge >= 0.3 is 0 Å². The van der Waals surface area contributed by atoms with Crippen LogP contribution in [0.25, 0.3) is 21.8 Å². The first-order valence-electron chi connectivity index (χ1n) is 10.2. The molecule has 1 aliphatic heterocycles. The van der Waals surface area contributed by atoms with Crippen molar-refractivity contribution in [3.8, 4) is 21.8 Å². The Morgan fingerprint density at radius 1 is 1.06 bits per heavy atom.